The van der Waals surface area contributed by atoms with Gasteiger partial charge in [-0.25, -0.2) is 4.39 Å². The molecule has 0 aliphatic heterocycles. The smallest absolute Gasteiger partial charge is 0.166 e. The van der Waals surface area contributed by atoms with Crippen LogP contribution in [-0.4, -0.2) is 14.8 Å². The van der Waals surface area contributed by atoms with Gasteiger partial charge in [0.2, 0.25) is 0 Å². The number of benzene rings is 1. The molecule has 0 N–H and O–H groups in total. The van der Waals surface area contributed by atoms with Crippen LogP contribution in [-0.2, 0) is 7.05 Å². The van der Waals surface area contributed by atoms with E-state index in [0.29, 0.717) is 16.4 Å². The summed E-state index contributed by atoms with van der Waals surface area (Å²) >= 11 is 5.76. The molecule has 0 bridgehead atoms. The highest BCUT2D eigenvalue weighted by Gasteiger charge is 2.10. The minimum absolute atomic E-state index is 0.356. The molecule has 0 aliphatic rings. The third-order valence-electron chi connectivity index (χ3n) is 1.88. The lowest BCUT2D eigenvalue weighted by Crippen LogP contribution is -1.93. The van der Waals surface area contributed by atoms with Gasteiger partial charge in [-0.05, 0) is 18.2 Å². The molecule has 14 heavy (non-hydrogen) atoms. The van der Waals surface area contributed by atoms with E-state index in [1.165, 1.54) is 24.5 Å². The first-order chi connectivity index (χ1) is 6.68. The van der Waals surface area contributed by atoms with Gasteiger partial charge in [0.05, 0.1) is 5.56 Å². The highest BCUT2D eigenvalue weighted by atomic mass is 35.5. The Balaban J connectivity index is 2.62. The molecule has 3 nitrogen and oxygen atoms in total. The zero-order valence-electron chi connectivity index (χ0n) is 7.41. The van der Waals surface area contributed by atoms with Crippen LogP contribution in [0.3, 0.4) is 0 Å². The molecule has 2 aromatic rings. The summed E-state index contributed by atoms with van der Waals surface area (Å²) < 4.78 is 15.0. The molecule has 1 aromatic carbocycles. The molecule has 0 unspecified atom stereocenters. The molecule has 2 rings (SSSR count). The Hall–Kier alpha value is -1.42. The zero-order valence-corrected chi connectivity index (χ0v) is 8.16. The number of hydrogen-bond donors (Lipinski definition) is 0. The summed E-state index contributed by atoms with van der Waals surface area (Å²) in [6.45, 7) is 0. The van der Waals surface area contributed by atoms with Crippen LogP contribution in [0.5, 0.6) is 0 Å². The summed E-state index contributed by atoms with van der Waals surface area (Å²) in [6, 6.07) is 4.34. The molecular weight excluding hydrogens is 205 g/mol. The molecule has 0 saturated carbocycles. The van der Waals surface area contributed by atoms with Gasteiger partial charge in [-0.3, -0.25) is 0 Å². The molecule has 72 valence electrons. The first-order valence-electron chi connectivity index (χ1n) is 3.98. The van der Waals surface area contributed by atoms with Crippen LogP contribution in [0.2, 0.25) is 5.02 Å². The Labute approximate surface area is 85.1 Å². The van der Waals surface area contributed by atoms with Gasteiger partial charge in [0.25, 0.3) is 0 Å². The number of aromatic nitrogens is 3. The van der Waals surface area contributed by atoms with Gasteiger partial charge in [0.1, 0.15) is 12.1 Å². The van der Waals surface area contributed by atoms with Gasteiger partial charge in [-0.1, -0.05) is 11.6 Å². The summed E-state index contributed by atoms with van der Waals surface area (Å²) in [5, 5.41) is 7.95. The number of hydrogen-bond acceptors (Lipinski definition) is 2. The first kappa shape index (κ1) is 9.15. The predicted molar refractivity (Wildman–Crippen MR) is 51.4 cm³/mol. The van der Waals surface area contributed by atoms with E-state index in [-0.39, 0.29) is 5.82 Å². The summed E-state index contributed by atoms with van der Waals surface area (Å²) in [4.78, 5) is 0. The number of rotatable bonds is 1. The average Bonchev–Trinajstić information content (AvgIpc) is 2.56. The van der Waals surface area contributed by atoms with Crippen molar-refractivity contribution in [2.45, 2.75) is 0 Å². The first-order valence-corrected chi connectivity index (χ1v) is 4.35. The van der Waals surface area contributed by atoms with Crippen molar-refractivity contribution in [3.05, 3.63) is 35.4 Å². The van der Waals surface area contributed by atoms with Crippen LogP contribution in [0.25, 0.3) is 11.4 Å². The van der Waals surface area contributed by atoms with Gasteiger partial charge in [0, 0.05) is 12.1 Å². The maximum absolute atomic E-state index is 13.4. The van der Waals surface area contributed by atoms with Gasteiger partial charge in [0.15, 0.2) is 5.82 Å². The molecule has 0 radical (unpaired) electrons. The van der Waals surface area contributed by atoms with Crippen molar-refractivity contribution in [3.63, 3.8) is 0 Å². The van der Waals surface area contributed by atoms with Gasteiger partial charge in [-0.2, -0.15) is 0 Å². The van der Waals surface area contributed by atoms with Crippen molar-refractivity contribution in [2.24, 2.45) is 7.05 Å². The minimum Gasteiger partial charge on any atom is -0.317 e. The quantitative estimate of drug-likeness (QED) is 0.725. The van der Waals surface area contributed by atoms with E-state index in [4.69, 9.17) is 11.6 Å². The van der Waals surface area contributed by atoms with E-state index in [1.54, 1.807) is 11.6 Å². The largest absolute Gasteiger partial charge is 0.317 e. The van der Waals surface area contributed by atoms with Gasteiger partial charge in [-0.15, -0.1) is 10.2 Å². The summed E-state index contributed by atoms with van der Waals surface area (Å²) in [7, 11) is 1.75. The fraction of sp³-hybridized carbons (Fsp3) is 0.111. The Morgan fingerprint density at radius 1 is 1.43 bits per heavy atom. The second-order valence-corrected chi connectivity index (χ2v) is 3.33. The molecule has 0 atom stereocenters. The Bertz CT molecular complexity index is 467. The lowest BCUT2D eigenvalue weighted by Gasteiger charge is -2.02. The average molecular weight is 212 g/mol. The van der Waals surface area contributed by atoms with Crippen LogP contribution < -0.4 is 0 Å². The normalized spacial score (nSPS) is 10.5. The number of aryl methyl sites for hydroxylation is 1. The maximum Gasteiger partial charge on any atom is 0.166 e. The van der Waals surface area contributed by atoms with E-state index in [0.717, 1.165) is 0 Å². The molecule has 0 spiro atoms. The molecule has 0 saturated heterocycles. The van der Waals surface area contributed by atoms with Crippen LogP contribution in [0.15, 0.2) is 24.5 Å². The van der Waals surface area contributed by atoms with Crippen LogP contribution in [0.4, 0.5) is 4.39 Å². The van der Waals surface area contributed by atoms with E-state index in [9.17, 15) is 4.39 Å². The predicted octanol–water partition coefficient (Wildman–Crippen LogP) is 2.27. The van der Waals surface area contributed by atoms with Gasteiger partial charge >= 0.3 is 0 Å². The number of nitrogens with zero attached hydrogens (tertiary/aromatic N) is 3. The minimum atomic E-state index is -0.356. The second-order valence-electron chi connectivity index (χ2n) is 2.89. The molecule has 0 amide bonds. The SMILES string of the molecule is Cn1cnnc1-c1cc(Cl)ccc1F. The summed E-state index contributed by atoms with van der Waals surface area (Å²) in [5.74, 6) is 0.107. The maximum atomic E-state index is 13.4. The highest BCUT2D eigenvalue weighted by molar-refractivity contribution is 6.30. The fourth-order valence-corrected chi connectivity index (χ4v) is 1.37. The van der Waals surface area contributed by atoms with Crippen molar-refractivity contribution in [2.75, 3.05) is 0 Å². The molecule has 0 fully saturated rings. The van der Waals surface area contributed by atoms with Crippen molar-refractivity contribution >= 4 is 11.6 Å². The van der Waals surface area contributed by atoms with E-state index in [1.807, 2.05) is 0 Å². The molecular formula is C9H7ClFN3. The molecule has 0 aliphatic carbocycles. The summed E-state index contributed by atoms with van der Waals surface area (Å²) in [6.07, 6.45) is 1.51. The monoisotopic (exact) mass is 211 g/mol. The second kappa shape index (κ2) is 3.38. The van der Waals surface area contributed by atoms with Crippen molar-refractivity contribution < 1.29 is 4.39 Å². The van der Waals surface area contributed by atoms with Crippen LogP contribution in [0.1, 0.15) is 0 Å². The van der Waals surface area contributed by atoms with Crippen molar-refractivity contribution in [1.82, 2.24) is 14.8 Å². The van der Waals surface area contributed by atoms with E-state index >= 15 is 0 Å². The topological polar surface area (TPSA) is 30.7 Å². The van der Waals surface area contributed by atoms with Gasteiger partial charge < -0.3 is 4.57 Å². The Kier molecular flexibility index (Phi) is 2.21. The van der Waals surface area contributed by atoms with E-state index in [2.05, 4.69) is 10.2 Å². The van der Waals surface area contributed by atoms with Crippen LogP contribution >= 0.6 is 11.6 Å². The highest BCUT2D eigenvalue weighted by Crippen LogP contribution is 2.23. The van der Waals surface area contributed by atoms with E-state index < -0.39 is 0 Å². The van der Waals surface area contributed by atoms with Crippen molar-refractivity contribution in [3.8, 4) is 11.4 Å². The Morgan fingerprint density at radius 2 is 2.21 bits per heavy atom. The standard InChI is InChI=1S/C9H7ClFN3/c1-14-5-12-13-9(14)7-4-6(10)2-3-8(7)11/h2-5H,1H3. The fourth-order valence-electron chi connectivity index (χ4n) is 1.20. The molecule has 5 heteroatoms. The zero-order chi connectivity index (χ0) is 10.1. The lowest BCUT2D eigenvalue weighted by molar-refractivity contribution is 0.628. The molecule has 1 heterocycles. The molecule has 1 aromatic heterocycles. The third kappa shape index (κ3) is 1.48. The van der Waals surface area contributed by atoms with Crippen molar-refractivity contribution in [1.29, 1.82) is 0 Å². The Morgan fingerprint density at radius 3 is 2.86 bits per heavy atom. The lowest BCUT2D eigenvalue weighted by atomic mass is 10.2. The number of halogens is 2. The third-order valence-corrected chi connectivity index (χ3v) is 2.12. The summed E-state index contributed by atoms with van der Waals surface area (Å²) in [5.41, 5.74) is 0.359. The van der Waals surface area contributed by atoms with Crippen LogP contribution in [0, 0.1) is 5.82 Å².